The number of rotatable bonds is 6. The molecule has 8 heteroatoms. The topological polar surface area (TPSA) is 88.9 Å². The Kier molecular flexibility index (Phi) is 5.55. The van der Waals surface area contributed by atoms with E-state index in [0.717, 1.165) is 0 Å². The molecule has 0 bridgehead atoms. The Morgan fingerprint density at radius 2 is 1.96 bits per heavy atom. The van der Waals surface area contributed by atoms with Gasteiger partial charge in [0, 0.05) is 24.7 Å². The van der Waals surface area contributed by atoms with Crippen molar-refractivity contribution in [1.82, 2.24) is 19.9 Å². The van der Waals surface area contributed by atoms with Crippen molar-refractivity contribution in [3.05, 3.63) is 72.2 Å². The van der Waals surface area contributed by atoms with Gasteiger partial charge in [0.15, 0.2) is 0 Å². The van der Waals surface area contributed by atoms with Crippen molar-refractivity contribution >= 4 is 17.5 Å². The molecule has 2 heterocycles. The molecular formula is C19H18FN5O2. The zero-order chi connectivity index (χ0) is 19.2. The van der Waals surface area contributed by atoms with Gasteiger partial charge in [-0.25, -0.2) is 14.4 Å². The SMILES string of the molecule is CCC(=O)Nc1ccc(-n2cnc(C(=O)NCc3ccccc3F)c2)nc1. The molecule has 0 atom stereocenters. The lowest BCUT2D eigenvalue weighted by Gasteiger charge is -2.05. The number of amides is 2. The molecule has 2 aromatic heterocycles. The van der Waals surface area contributed by atoms with Crippen LogP contribution in [0.2, 0.25) is 0 Å². The zero-order valence-corrected chi connectivity index (χ0v) is 14.6. The Morgan fingerprint density at radius 3 is 2.67 bits per heavy atom. The van der Waals surface area contributed by atoms with Crippen molar-refractivity contribution in [1.29, 1.82) is 0 Å². The number of aromatic nitrogens is 3. The number of hydrogen-bond donors (Lipinski definition) is 2. The van der Waals surface area contributed by atoms with E-state index in [4.69, 9.17) is 0 Å². The van der Waals surface area contributed by atoms with Crippen LogP contribution in [0.5, 0.6) is 0 Å². The molecule has 0 radical (unpaired) electrons. The third-order valence-electron chi connectivity index (χ3n) is 3.83. The molecule has 0 spiro atoms. The highest BCUT2D eigenvalue weighted by Gasteiger charge is 2.11. The maximum absolute atomic E-state index is 13.6. The maximum Gasteiger partial charge on any atom is 0.271 e. The molecule has 1 aromatic carbocycles. The number of hydrogen-bond acceptors (Lipinski definition) is 4. The highest BCUT2D eigenvalue weighted by Crippen LogP contribution is 2.11. The quantitative estimate of drug-likeness (QED) is 0.701. The number of carbonyl (C=O) groups is 2. The van der Waals surface area contributed by atoms with Crippen LogP contribution in [0, 0.1) is 5.82 Å². The van der Waals surface area contributed by atoms with Crippen LogP contribution in [0.3, 0.4) is 0 Å². The molecule has 0 saturated heterocycles. The fraction of sp³-hybridized carbons (Fsp3) is 0.158. The summed E-state index contributed by atoms with van der Waals surface area (Å²) in [5.41, 5.74) is 1.18. The average Bonchev–Trinajstić information content (AvgIpc) is 3.18. The normalized spacial score (nSPS) is 10.4. The first-order valence-corrected chi connectivity index (χ1v) is 8.38. The van der Waals surface area contributed by atoms with Crippen molar-refractivity contribution < 1.29 is 14.0 Å². The number of nitrogens with one attached hydrogen (secondary N) is 2. The summed E-state index contributed by atoms with van der Waals surface area (Å²) in [6.07, 6.45) is 4.91. The van der Waals surface area contributed by atoms with E-state index >= 15 is 0 Å². The lowest BCUT2D eigenvalue weighted by Crippen LogP contribution is -2.23. The van der Waals surface area contributed by atoms with Crippen LogP contribution in [-0.4, -0.2) is 26.3 Å². The maximum atomic E-state index is 13.6. The van der Waals surface area contributed by atoms with E-state index in [1.807, 2.05) is 0 Å². The Labute approximate surface area is 155 Å². The van der Waals surface area contributed by atoms with Crippen LogP contribution in [0.4, 0.5) is 10.1 Å². The molecule has 3 aromatic rings. The second-order valence-corrected chi connectivity index (χ2v) is 5.75. The minimum Gasteiger partial charge on any atom is -0.346 e. The first-order chi connectivity index (χ1) is 13.1. The first kappa shape index (κ1) is 18.2. The van der Waals surface area contributed by atoms with E-state index in [2.05, 4.69) is 20.6 Å². The van der Waals surface area contributed by atoms with Gasteiger partial charge >= 0.3 is 0 Å². The molecule has 0 unspecified atom stereocenters. The number of imidazole rings is 1. The predicted molar refractivity (Wildman–Crippen MR) is 97.8 cm³/mol. The predicted octanol–water partition coefficient (Wildman–Crippen LogP) is 2.68. The van der Waals surface area contributed by atoms with E-state index in [1.165, 1.54) is 24.8 Å². The molecule has 0 fully saturated rings. The van der Waals surface area contributed by atoms with Crippen LogP contribution < -0.4 is 10.6 Å². The van der Waals surface area contributed by atoms with Gasteiger partial charge in [0.25, 0.3) is 5.91 Å². The minimum atomic E-state index is -0.413. The second kappa shape index (κ2) is 8.22. The monoisotopic (exact) mass is 367 g/mol. The summed E-state index contributed by atoms with van der Waals surface area (Å²) in [5.74, 6) is -0.335. The van der Waals surface area contributed by atoms with Crippen molar-refractivity contribution in [3.63, 3.8) is 0 Å². The van der Waals surface area contributed by atoms with Gasteiger partial charge in [-0.1, -0.05) is 25.1 Å². The van der Waals surface area contributed by atoms with Crippen LogP contribution in [0.15, 0.2) is 55.1 Å². The van der Waals surface area contributed by atoms with Gasteiger partial charge in [0.05, 0.1) is 11.9 Å². The van der Waals surface area contributed by atoms with Gasteiger partial charge in [-0.2, -0.15) is 0 Å². The van der Waals surface area contributed by atoms with E-state index in [-0.39, 0.29) is 24.0 Å². The fourth-order valence-electron chi connectivity index (χ4n) is 2.34. The van der Waals surface area contributed by atoms with E-state index in [9.17, 15) is 14.0 Å². The Hall–Kier alpha value is -3.55. The average molecular weight is 367 g/mol. The third kappa shape index (κ3) is 4.55. The van der Waals surface area contributed by atoms with Crippen LogP contribution in [-0.2, 0) is 11.3 Å². The summed E-state index contributed by atoms with van der Waals surface area (Å²) in [7, 11) is 0. The van der Waals surface area contributed by atoms with Crippen molar-refractivity contribution in [2.24, 2.45) is 0 Å². The fourth-order valence-corrected chi connectivity index (χ4v) is 2.34. The Morgan fingerprint density at radius 1 is 1.15 bits per heavy atom. The summed E-state index contributed by atoms with van der Waals surface area (Å²) in [4.78, 5) is 31.9. The summed E-state index contributed by atoms with van der Waals surface area (Å²) >= 11 is 0. The minimum absolute atomic E-state index is 0.0719. The number of halogens is 1. The van der Waals surface area contributed by atoms with E-state index < -0.39 is 5.91 Å². The Bertz CT molecular complexity index is 953. The number of carbonyl (C=O) groups excluding carboxylic acids is 2. The molecule has 0 saturated carbocycles. The van der Waals surface area contributed by atoms with Gasteiger partial charge in [-0.05, 0) is 18.2 Å². The third-order valence-corrected chi connectivity index (χ3v) is 3.83. The van der Waals surface area contributed by atoms with E-state index in [0.29, 0.717) is 23.5 Å². The van der Waals surface area contributed by atoms with Gasteiger partial charge in [0.2, 0.25) is 5.91 Å². The summed E-state index contributed by atoms with van der Waals surface area (Å²) < 4.78 is 15.2. The number of anilines is 1. The lowest BCUT2D eigenvalue weighted by molar-refractivity contribution is -0.115. The smallest absolute Gasteiger partial charge is 0.271 e. The van der Waals surface area contributed by atoms with Gasteiger partial charge in [-0.3, -0.25) is 14.2 Å². The Balaban J connectivity index is 1.64. The highest BCUT2D eigenvalue weighted by molar-refractivity contribution is 5.92. The molecule has 0 aliphatic heterocycles. The van der Waals surface area contributed by atoms with Crippen LogP contribution >= 0.6 is 0 Å². The van der Waals surface area contributed by atoms with Gasteiger partial charge < -0.3 is 10.6 Å². The second-order valence-electron chi connectivity index (χ2n) is 5.75. The number of pyridine rings is 1. The molecule has 3 rings (SSSR count). The van der Waals surface area contributed by atoms with Crippen LogP contribution in [0.25, 0.3) is 5.82 Å². The standard InChI is InChI=1S/C19H18FN5O2/c1-2-18(26)24-14-7-8-17(21-10-14)25-11-16(23-12-25)19(27)22-9-13-5-3-4-6-15(13)20/h3-8,10-12H,2,9H2,1H3,(H,22,27)(H,24,26). The summed E-state index contributed by atoms with van der Waals surface area (Å²) in [6, 6.07) is 9.67. The van der Waals surface area contributed by atoms with Crippen molar-refractivity contribution in [2.75, 3.05) is 5.32 Å². The summed E-state index contributed by atoms with van der Waals surface area (Å²) in [5, 5.41) is 5.34. The molecule has 7 nitrogen and oxygen atoms in total. The van der Waals surface area contributed by atoms with E-state index in [1.54, 1.807) is 41.8 Å². The van der Waals surface area contributed by atoms with Crippen LogP contribution in [0.1, 0.15) is 29.4 Å². The largest absolute Gasteiger partial charge is 0.346 e. The molecule has 0 aliphatic carbocycles. The molecular weight excluding hydrogens is 349 g/mol. The summed E-state index contributed by atoms with van der Waals surface area (Å²) in [6.45, 7) is 1.84. The van der Waals surface area contributed by atoms with Crippen molar-refractivity contribution in [2.45, 2.75) is 19.9 Å². The molecule has 138 valence electrons. The zero-order valence-electron chi connectivity index (χ0n) is 14.6. The molecule has 2 N–H and O–H groups in total. The lowest BCUT2D eigenvalue weighted by atomic mass is 10.2. The van der Waals surface area contributed by atoms with Crippen molar-refractivity contribution in [3.8, 4) is 5.82 Å². The molecule has 27 heavy (non-hydrogen) atoms. The first-order valence-electron chi connectivity index (χ1n) is 8.38. The highest BCUT2D eigenvalue weighted by atomic mass is 19.1. The molecule has 2 amide bonds. The van der Waals surface area contributed by atoms with Gasteiger partial charge in [-0.15, -0.1) is 0 Å². The molecule has 0 aliphatic rings. The number of nitrogens with zero attached hydrogens (tertiary/aromatic N) is 3. The number of benzene rings is 1. The van der Waals surface area contributed by atoms with Gasteiger partial charge in [0.1, 0.15) is 23.7 Å².